The molecule has 0 fully saturated rings. The van der Waals surface area contributed by atoms with E-state index in [0.29, 0.717) is 35.0 Å². The number of nitrogens with one attached hydrogen (secondary N) is 3. The van der Waals surface area contributed by atoms with Crippen molar-refractivity contribution in [2.75, 3.05) is 16.6 Å². The number of hydrogen-bond acceptors (Lipinski definition) is 5. The van der Waals surface area contributed by atoms with Crippen LogP contribution >= 0.6 is 0 Å². The van der Waals surface area contributed by atoms with Crippen LogP contribution in [-0.2, 0) is 20.0 Å². The number of hydrogen-bond donors (Lipinski definition) is 3. The van der Waals surface area contributed by atoms with Gasteiger partial charge >= 0.3 is 0 Å². The fourth-order valence-electron chi connectivity index (χ4n) is 3.33. The summed E-state index contributed by atoms with van der Waals surface area (Å²) in [6, 6.07) is 13.4. The molecule has 1 heterocycles. The summed E-state index contributed by atoms with van der Waals surface area (Å²) < 4.78 is 55.3. The molecule has 3 aromatic rings. The summed E-state index contributed by atoms with van der Waals surface area (Å²) in [5.74, 6) is -0.272. The van der Waals surface area contributed by atoms with E-state index in [-0.39, 0.29) is 21.4 Å². The normalized spacial score (nSPS) is 13.4. The molecule has 0 saturated carbocycles. The second-order valence-corrected chi connectivity index (χ2v) is 10.2. The lowest BCUT2D eigenvalue weighted by atomic mass is 10.1. The van der Waals surface area contributed by atoms with E-state index >= 15 is 0 Å². The lowest BCUT2D eigenvalue weighted by molar-refractivity contribution is 0.103. The number of anilines is 2. The highest BCUT2D eigenvalue weighted by Crippen LogP contribution is 2.37. The van der Waals surface area contributed by atoms with Crippen molar-refractivity contribution in [1.82, 2.24) is 4.72 Å². The van der Waals surface area contributed by atoms with Gasteiger partial charge in [-0.3, -0.25) is 9.52 Å². The molecule has 0 atom stereocenters. The Hall–Kier alpha value is -2.95. The Kier molecular flexibility index (Phi) is 5.00. The van der Waals surface area contributed by atoms with Crippen LogP contribution in [0.3, 0.4) is 0 Å². The molecule has 0 spiro atoms. The van der Waals surface area contributed by atoms with Crippen LogP contribution in [0, 0.1) is 0 Å². The van der Waals surface area contributed by atoms with Gasteiger partial charge in [-0.25, -0.2) is 21.6 Å². The number of amides is 1. The SMILES string of the molecule is CCCNS(=O)(=O)c1ccc(NS(=O)(=O)c2ccc3c4c(cccc24)C(=O)N3)cc1. The molecule has 0 bridgehead atoms. The minimum absolute atomic E-state index is 0.0286. The first-order valence-electron chi connectivity index (χ1n) is 9.22. The lowest BCUT2D eigenvalue weighted by Crippen LogP contribution is -2.24. The predicted molar refractivity (Wildman–Crippen MR) is 115 cm³/mol. The number of benzene rings is 3. The summed E-state index contributed by atoms with van der Waals surface area (Å²) in [4.78, 5) is 12.1. The first kappa shape index (κ1) is 20.3. The molecule has 0 saturated heterocycles. The van der Waals surface area contributed by atoms with Crippen molar-refractivity contribution in [2.24, 2.45) is 0 Å². The van der Waals surface area contributed by atoms with Crippen LogP contribution in [0.25, 0.3) is 10.8 Å². The molecule has 156 valence electrons. The zero-order valence-electron chi connectivity index (χ0n) is 16.0. The monoisotopic (exact) mass is 445 g/mol. The maximum absolute atomic E-state index is 13.0. The molecule has 0 radical (unpaired) electrons. The van der Waals surface area contributed by atoms with E-state index in [2.05, 4.69) is 14.8 Å². The second-order valence-electron chi connectivity index (χ2n) is 6.82. The number of carbonyl (C=O) groups excluding carboxylic acids is 1. The second kappa shape index (κ2) is 7.38. The van der Waals surface area contributed by atoms with Crippen molar-refractivity contribution in [1.29, 1.82) is 0 Å². The highest BCUT2D eigenvalue weighted by atomic mass is 32.2. The predicted octanol–water partition coefficient (Wildman–Crippen LogP) is 2.89. The summed E-state index contributed by atoms with van der Waals surface area (Å²) in [6.07, 6.45) is 0.659. The number of carbonyl (C=O) groups is 1. The molecule has 1 aliphatic heterocycles. The van der Waals surface area contributed by atoms with Gasteiger partial charge in [0, 0.05) is 34.3 Å². The average Bonchev–Trinajstić information content (AvgIpc) is 3.04. The Morgan fingerprint density at radius 1 is 0.900 bits per heavy atom. The molecule has 30 heavy (non-hydrogen) atoms. The molecule has 4 rings (SSSR count). The first-order chi connectivity index (χ1) is 14.2. The molecule has 3 N–H and O–H groups in total. The van der Waals surface area contributed by atoms with Crippen molar-refractivity contribution in [2.45, 2.75) is 23.1 Å². The molecule has 0 aromatic heterocycles. The maximum Gasteiger partial charge on any atom is 0.262 e. The van der Waals surface area contributed by atoms with Gasteiger partial charge in [-0.05, 0) is 48.9 Å². The van der Waals surface area contributed by atoms with Gasteiger partial charge in [0.25, 0.3) is 15.9 Å². The van der Waals surface area contributed by atoms with E-state index in [9.17, 15) is 21.6 Å². The van der Waals surface area contributed by atoms with Crippen molar-refractivity contribution >= 4 is 48.1 Å². The van der Waals surface area contributed by atoms with Gasteiger partial charge in [0.05, 0.1) is 9.79 Å². The lowest BCUT2D eigenvalue weighted by Gasteiger charge is -2.12. The third-order valence-corrected chi connectivity index (χ3v) is 7.66. The van der Waals surface area contributed by atoms with Crippen molar-refractivity contribution in [3.8, 4) is 0 Å². The molecule has 10 heteroatoms. The van der Waals surface area contributed by atoms with Crippen LogP contribution in [0.2, 0.25) is 0 Å². The highest BCUT2D eigenvalue weighted by Gasteiger charge is 2.26. The Morgan fingerprint density at radius 3 is 2.33 bits per heavy atom. The van der Waals surface area contributed by atoms with Gasteiger partial charge in [0.2, 0.25) is 10.0 Å². The van der Waals surface area contributed by atoms with E-state index in [1.807, 2.05) is 6.92 Å². The number of sulfonamides is 2. The fraction of sp³-hybridized carbons (Fsp3) is 0.150. The third kappa shape index (κ3) is 3.53. The van der Waals surface area contributed by atoms with Gasteiger partial charge in [0.15, 0.2) is 0 Å². The van der Waals surface area contributed by atoms with Gasteiger partial charge in [0.1, 0.15) is 0 Å². The summed E-state index contributed by atoms with van der Waals surface area (Å²) in [5.41, 5.74) is 1.22. The summed E-state index contributed by atoms with van der Waals surface area (Å²) in [5, 5.41) is 3.71. The summed E-state index contributed by atoms with van der Waals surface area (Å²) >= 11 is 0. The minimum Gasteiger partial charge on any atom is -0.321 e. The molecule has 3 aromatic carbocycles. The zero-order valence-corrected chi connectivity index (χ0v) is 17.6. The van der Waals surface area contributed by atoms with Crippen molar-refractivity contribution in [3.05, 3.63) is 60.2 Å². The Morgan fingerprint density at radius 2 is 1.63 bits per heavy atom. The van der Waals surface area contributed by atoms with E-state index in [0.717, 1.165) is 0 Å². The number of rotatable bonds is 7. The van der Waals surface area contributed by atoms with Crippen molar-refractivity contribution < 1.29 is 21.6 Å². The van der Waals surface area contributed by atoms with Crippen LogP contribution in [0.4, 0.5) is 11.4 Å². The Bertz CT molecular complexity index is 1370. The van der Waals surface area contributed by atoms with Crippen LogP contribution in [0.15, 0.2) is 64.4 Å². The van der Waals surface area contributed by atoms with Crippen molar-refractivity contribution in [3.63, 3.8) is 0 Å². The molecule has 1 amide bonds. The van der Waals surface area contributed by atoms with Crippen LogP contribution in [-0.4, -0.2) is 29.3 Å². The third-order valence-electron chi connectivity index (χ3n) is 4.74. The standard InChI is InChI=1S/C20H19N3O5S2/c1-2-12-21-29(25,26)14-8-6-13(7-9-14)23-30(27,28)18-11-10-17-19-15(18)4-3-5-16(19)20(24)22-17/h3-11,21,23H,2,12H2,1H3,(H,22,24). The van der Waals surface area contributed by atoms with E-state index < -0.39 is 20.0 Å². The Balaban J connectivity index is 1.67. The smallest absolute Gasteiger partial charge is 0.262 e. The molecule has 0 unspecified atom stereocenters. The molecule has 0 aliphatic carbocycles. The highest BCUT2D eigenvalue weighted by molar-refractivity contribution is 7.93. The van der Waals surface area contributed by atoms with E-state index in [1.54, 1.807) is 24.3 Å². The van der Waals surface area contributed by atoms with Crippen LogP contribution < -0.4 is 14.8 Å². The van der Waals surface area contributed by atoms with E-state index in [1.165, 1.54) is 30.3 Å². The van der Waals surface area contributed by atoms with Crippen LogP contribution in [0.5, 0.6) is 0 Å². The molecule has 1 aliphatic rings. The Labute approximate surface area is 174 Å². The molecular weight excluding hydrogens is 426 g/mol. The molecular formula is C20H19N3O5S2. The van der Waals surface area contributed by atoms with Gasteiger partial charge in [-0.2, -0.15) is 0 Å². The van der Waals surface area contributed by atoms with Gasteiger partial charge < -0.3 is 5.32 Å². The quantitative estimate of drug-likeness (QED) is 0.516. The topological polar surface area (TPSA) is 121 Å². The molecule has 8 nitrogen and oxygen atoms in total. The minimum atomic E-state index is -3.98. The maximum atomic E-state index is 13.0. The van der Waals surface area contributed by atoms with Gasteiger partial charge in [-0.15, -0.1) is 0 Å². The first-order valence-corrected chi connectivity index (χ1v) is 12.2. The van der Waals surface area contributed by atoms with Gasteiger partial charge in [-0.1, -0.05) is 19.1 Å². The summed E-state index contributed by atoms with van der Waals surface area (Å²) in [6.45, 7) is 2.17. The van der Waals surface area contributed by atoms with E-state index in [4.69, 9.17) is 0 Å². The fourth-order valence-corrected chi connectivity index (χ4v) is 5.73. The zero-order chi connectivity index (χ0) is 21.5. The van der Waals surface area contributed by atoms with Crippen LogP contribution in [0.1, 0.15) is 23.7 Å². The summed E-state index contributed by atoms with van der Waals surface area (Å²) in [7, 11) is -7.62. The largest absolute Gasteiger partial charge is 0.321 e. The average molecular weight is 446 g/mol.